The first-order valence-corrected chi connectivity index (χ1v) is 20.7. The van der Waals surface area contributed by atoms with Crippen LogP contribution in [0.2, 0.25) is 0 Å². The number of hydrogen-bond acceptors (Lipinski definition) is 7. The van der Waals surface area contributed by atoms with E-state index >= 15 is 0 Å². The number of likely N-dealkylation sites (N-methyl/N-ethyl adjacent to an activating group) is 1. The van der Waals surface area contributed by atoms with Crippen LogP contribution >= 0.6 is 0 Å². The van der Waals surface area contributed by atoms with Crippen LogP contribution in [0, 0.1) is 27.6 Å². The lowest BCUT2D eigenvalue weighted by molar-refractivity contribution is -0.143. The minimum atomic E-state index is -1.06. The number of ketones is 1. The molecule has 2 spiro atoms. The zero-order valence-electron chi connectivity index (χ0n) is 33.9. The summed E-state index contributed by atoms with van der Waals surface area (Å²) in [6, 6.07) is -2.24. The van der Waals surface area contributed by atoms with Gasteiger partial charge in [0.15, 0.2) is 0 Å². The van der Waals surface area contributed by atoms with Gasteiger partial charge in [-0.15, -0.1) is 0 Å². The van der Waals surface area contributed by atoms with Crippen LogP contribution in [0.4, 0.5) is 4.79 Å². The number of Topliss-reactive ketones (excluding diaryl/α,β-unsaturated/α-hetero) is 1. The van der Waals surface area contributed by atoms with Gasteiger partial charge in [-0.25, -0.2) is 4.79 Å². The molecule has 5 amide bonds. The quantitative estimate of drug-likeness (QED) is 0.234. The van der Waals surface area contributed by atoms with Gasteiger partial charge in [-0.3, -0.25) is 29.0 Å². The van der Waals surface area contributed by atoms with Crippen LogP contribution in [0.5, 0.6) is 0 Å². The third kappa shape index (κ3) is 7.13. The summed E-state index contributed by atoms with van der Waals surface area (Å²) in [6.45, 7) is 18.0. The van der Waals surface area contributed by atoms with Gasteiger partial charge in [0.1, 0.15) is 12.1 Å². The molecule has 0 aromatic heterocycles. The fraction of sp³-hybridized carbons (Fsp3) is 0.878. The number of urea groups is 1. The maximum absolute atomic E-state index is 15.0. The summed E-state index contributed by atoms with van der Waals surface area (Å²) in [5.74, 6) is -2.29. The van der Waals surface area contributed by atoms with Gasteiger partial charge in [0, 0.05) is 43.7 Å². The molecule has 2 aliphatic heterocycles. The molecule has 4 saturated carbocycles. The lowest BCUT2D eigenvalue weighted by Crippen LogP contribution is -2.65. The molecular formula is C41H69N7O5. The highest BCUT2D eigenvalue weighted by molar-refractivity contribution is 6.37. The van der Waals surface area contributed by atoms with Gasteiger partial charge in [0.2, 0.25) is 17.6 Å². The average Bonchev–Trinajstić information content (AvgIpc) is 3.25. The molecule has 0 bridgehead atoms. The highest BCUT2D eigenvalue weighted by atomic mass is 16.2. The number of rotatable bonds is 11. The van der Waals surface area contributed by atoms with Crippen molar-refractivity contribution in [1.82, 2.24) is 30.7 Å². The number of piperazine rings is 1. The van der Waals surface area contributed by atoms with Crippen molar-refractivity contribution in [3.05, 3.63) is 0 Å². The van der Waals surface area contributed by atoms with Crippen molar-refractivity contribution in [3.63, 3.8) is 0 Å². The molecular weight excluding hydrogens is 670 g/mol. The van der Waals surface area contributed by atoms with Crippen LogP contribution < -0.4 is 21.7 Å². The Morgan fingerprint density at radius 2 is 1.47 bits per heavy atom. The molecule has 0 aromatic rings. The molecule has 4 aliphatic carbocycles. The van der Waals surface area contributed by atoms with E-state index in [2.05, 4.69) is 60.5 Å². The minimum absolute atomic E-state index is 0.0617. The number of hydrogen-bond donors (Lipinski definition) is 4. The highest BCUT2D eigenvalue weighted by Crippen LogP contribution is 2.88. The van der Waals surface area contributed by atoms with Crippen molar-refractivity contribution in [3.8, 4) is 0 Å². The number of nitrogens with one attached hydrogen (secondary N) is 3. The summed E-state index contributed by atoms with van der Waals surface area (Å²) in [5, 5.41) is 9.48. The number of nitrogens with two attached hydrogens (primary N) is 1. The second-order valence-electron chi connectivity index (χ2n) is 19.9. The first-order valence-electron chi connectivity index (χ1n) is 20.7. The second kappa shape index (κ2) is 14.4. The predicted molar refractivity (Wildman–Crippen MR) is 205 cm³/mol. The predicted octanol–water partition coefficient (Wildman–Crippen LogP) is 3.95. The van der Waals surface area contributed by atoms with E-state index in [0.29, 0.717) is 31.5 Å². The molecule has 2 saturated heterocycles. The zero-order valence-corrected chi connectivity index (χ0v) is 33.9. The lowest BCUT2D eigenvalue weighted by atomic mass is 9.73. The van der Waals surface area contributed by atoms with E-state index in [1.165, 1.54) is 0 Å². The summed E-state index contributed by atoms with van der Waals surface area (Å²) < 4.78 is 0. The lowest BCUT2D eigenvalue weighted by Gasteiger charge is -2.48. The molecule has 6 rings (SSSR count). The first-order chi connectivity index (χ1) is 24.8. The summed E-state index contributed by atoms with van der Waals surface area (Å²) in [7, 11) is 2.18. The Bertz CT molecular complexity index is 1430. The average molecular weight is 740 g/mol. The maximum Gasteiger partial charge on any atom is 0.315 e. The van der Waals surface area contributed by atoms with Crippen LogP contribution in [0.1, 0.15) is 132 Å². The third-order valence-electron chi connectivity index (χ3n) is 15.6. The van der Waals surface area contributed by atoms with Crippen molar-refractivity contribution < 1.29 is 24.0 Å². The molecule has 12 heteroatoms. The third-order valence-corrected chi connectivity index (χ3v) is 15.6. The van der Waals surface area contributed by atoms with E-state index in [1.54, 1.807) is 4.90 Å². The first kappa shape index (κ1) is 39.9. The number of primary amides is 1. The normalized spacial score (nSPS) is 31.9. The van der Waals surface area contributed by atoms with Crippen molar-refractivity contribution in [2.24, 2.45) is 33.3 Å². The van der Waals surface area contributed by atoms with Gasteiger partial charge in [-0.2, -0.15) is 0 Å². The molecule has 12 nitrogen and oxygen atoms in total. The van der Waals surface area contributed by atoms with Gasteiger partial charge in [-0.05, 0) is 81.6 Å². The molecule has 6 fully saturated rings. The Morgan fingerprint density at radius 3 is 1.96 bits per heavy atom. The molecule has 5 N–H and O–H groups in total. The van der Waals surface area contributed by atoms with E-state index in [-0.39, 0.29) is 39.6 Å². The minimum Gasteiger partial charge on any atom is -0.363 e. The molecule has 53 heavy (non-hydrogen) atoms. The van der Waals surface area contributed by atoms with E-state index in [4.69, 9.17) is 5.73 Å². The fourth-order valence-corrected chi connectivity index (χ4v) is 11.6. The Morgan fingerprint density at radius 1 is 0.849 bits per heavy atom. The van der Waals surface area contributed by atoms with Crippen molar-refractivity contribution in [1.29, 1.82) is 0 Å². The van der Waals surface area contributed by atoms with E-state index < -0.39 is 41.1 Å². The van der Waals surface area contributed by atoms with Crippen LogP contribution in [-0.2, 0) is 19.2 Å². The van der Waals surface area contributed by atoms with Crippen molar-refractivity contribution in [2.75, 3.05) is 33.2 Å². The monoisotopic (exact) mass is 740 g/mol. The molecule has 0 radical (unpaired) electrons. The van der Waals surface area contributed by atoms with E-state index in [1.807, 2.05) is 20.8 Å². The van der Waals surface area contributed by atoms with E-state index in [0.717, 1.165) is 90.3 Å². The topological polar surface area (TPSA) is 157 Å². The number of fused-ring (bicyclic) bond motifs is 1. The largest absolute Gasteiger partial charge is 0.363 e. The van der Waals surface area contributed by atoms with Crippen molar-refractivity contribution >= 4 is 29.5 Å². The van der Waals surface area contributed by atoms with Crippen LogP contribution in [0.25, 0.3) is 0 Å². The van der Waals surface area contributed by atoms with Gasteiger partial charge < -0.3 is 26.6 Å². The van der Waals surface area contributed by atoms with Crippen LogP contribution in [-0.4, -0.2) is 113 Å². The molecule has 0 aromatic carbocycles. The van der Waals surface area contributed by atoms with Crippen molar-refractivity contribution in [2.45, 2.75) is 168 Å². The van der Waals surface area contributed by atoms with E-state index in [9.17, 15) is 24.0 Å². The maximum atomic E-state index is 15.0. The Balaban J connectivity index is 1.23. The summed E-state index contributed by atoms with van der Waals surface area (Å²) in [4.78, 5) is 75.2. The molecule has 6 aliphatic rings. The van der Waals surface area contributed by atoms with Crippen LogP contribution in [0.15, 0.2) is 0 Å². The number of amides is 5. The Labute approximate surface area is 317 Å². The number of carbonyl (C=O) groups is 5. The molecule has 2 heterocycles. The second-order valence-corrected chi connectivity index (χ2v) is 19.9. The molecule has 1 unspecified atom stereocenters. The number of likely N-dealkylation sites (tertiary alicyclic amines) is 1. The number of carbonyl (C=O) groups excluding carboxylic acids is 5. The summed E-state index contributed by atoms with van der Waals surface area (Å²) in [5.41, 5.74) is 4.17. The van der Waals surface area contributed by atoms with Crippen LogP contribution in [0.3, 0.4) is 0 Å². The molecule has 6 atom stereocenters. The number of nitrogens with zero attached hydrogens (tertiary/aromatic N) is 3. The fourth-order valence-electron chi connectivity index (χ4n) is 11.6. The van der Waals surface area contributed by atoms with Gasteiger partial charge in [0.05, 0.1) is 11.6 Å². The molecule has 298 valence electrons. The Kier molecular flexibility index (Phi) is 10.9. The van der Waals surface area contributed by atoms with Gasteiger partial charge >= 0.3 is 6.03 Å². The Hall–Kier alpha value is -2.73. The smallest absolute Gasteiger partial charge is 0.315 e. The SMILES string of the molecule is C[C@H]1CN(CC2(NC(=O)N[C@H](C(=O)N3C[C@]4(C[C@H]3C(=O)NC(CC3CCC3)C(=O)C(N)=O)C(C)(C)C43CCC3)C(C)(C)C)CCCCC2)C[C@H](C)N1C. The zero-order chi connectivity index (χ0) is 38.7. The van der Waals surface area contributed by atoms with Gasteiger partial charge in [0.25, 0.3) is 5.91 Å². The summed E-state index contributed by atoms with van der Waals surface area (Å²) in [6.07, 6.45) is 12.1. The highest BCUT2D eigenvalue weighted by Gasteiger charge is 2.85. The standard InChI is InChI=1S/C41H69N7O5/c1-26-22-47(23-27(2)46(26)8)24-39(16-10-9-11-17-39)45-36(53)44-32(37(3,4)5)35(52)48-25-41(38(6,7)40(41)18-13-19-40)21-30(48)34(51)43-29(31(49)33(42)50)20-28-14-12-15-28/h26-30,32H,9-25H2,1-8H3,(H2,42,50)(H,43,51)(H2,44,45,53)/t26-,27-,29?,30-,32+,41+/m0/s1. The van der Waals surface area contributed by atoms with Gasteiger partial charge in [-0.1, -0.05) is 79.6 Å². The summed E-state index contributed by atoms with van der Waals surface area (Å²) >= 11 is 0.